The van der Waals surface area contributed by atoms with Crippen LogP contribution in [0.25, 0.3) is 0 Å². The highest BCUT2D eigenvalue weighted by Gasteiger charge is 2.22. The highest BCUT2D eigenvalue weighted by atomic mass is 35.5. The lowest BCUT2D eigenvalue weighted by molar-refractivity contribution is 0.348. The maximum Gasteiger partial charge on any atom is 0.0376 e. The van der Waals surface area contributed by atoms with Crippen LogP contribution in [-0.4, -0.2) is 16.9 Å². The molecule has 0 saturated heterocycles. The summed E-state index contributed by atoms with van der Waals surface area (Å²) >= 11 is 6.34. The zero-order valence-corrected chi connectivity index (χ0v) is 11.2. The van der Waals surface area contributed by atoms with Crippen molar-refractivity contribution in [3.05, 3.63) is 29.6 Å². The minimum atomic E-state index is 0.367. The van der Waals surface area contributed by atoms with Crippen molar-refractivity contribution in [1.29, 1.82) is 0 Å². The average molecular weight is 253 g/mol. The summed E-state index contributed by atoms with van der Waals surface area (Å²) in [6.07, 6.45) is 8.90. The summed E-state index contributed by atoms with van der Waals surface area (Å²) in [6, 6.07) is 2.18. The Hall–Kier alpha value is -0.600. The molecule has 0 amide bonds. The molecule has 0 aliphatic heterocycles. The second-order valence-electron chi connectivity index (χ2n) is 5.06. The third-order valence-corrected chi connectivity index (χ3v) is 4.06. The van der Waals surface area contributed by atoms with Crippen molar-refractivity contribution in [3.63, 3.8) is 0 Å². The normalized spacial score (nSPS) is 24.8. The van der Waals surface area contributed by atoms with E-state index in [0.717, 1.165) is 13.1 Å². The molecule has 1 aliphatic carbocycles. The number of halogens is 1. The highest BCUT2D eigenvalue weighted by molar-refractivity contribution is 6.20. The molecular formula is C14H21ClN2. The van der Waals surface area contributed by atoms with Crippen molar-refractivity contribution >= 4 is 11.6 Å². The van der Waals surface area contributed by atoms with Gasteiger partial charge >= 0.3 is 0 Å². The fourth-order valence-corrected chi connectivity index (χ4v) is 2.88. The molecule has 94 valence electrons. The van der Waals surface area contributed by atoms with E-state index >= 15 is 0 Å². The van der Waals surface area contributed by atoms with E-state index in [9.17, 15) is 0 Å². The molecule has 0 bridgehead atoms. The van der Waals surface area contributed by atoms with E-state index in [1.807, 2.05) is 12.4 Å². The topological polar surface area (TPSA) is 24.9 Å². The first-order valence-corrected chi connectivity index (χ1v) is 6.94. The van der Waals surface area contributed by atoms with Crippen molar-refractivity contribution in [3.8, 4) is 0 Å². The van der Waals surface area contributed by atoms with Crippen LogP contribution in [0.2, 0.25) is 0 Å². The Balaban J connectivity index is 1.75. The Kier molecular flexibility index (Phi) is 4.81. The molecular weight excluding hydrogens is 232 g/mol. The number of pyridine rings is 1. The van der Waals surface area contributed by atoms with Gasteiger partial charge in [0, 0.05) is 24.3 Å². The number of aryl methyl sites for hydroxylation is 1. The zero-order chi connectivity index (χ0) is 12.1. The molecule has 1 aromatic rings. The van der Waals surface area contributed by atoms with Crippen molar-refractivity contribution in [2.75, 3.05) is 6.54 Å². The summed E-state index contributed by atoms with van der Waals surface area (Å²) in [5.41, 5.74) is 2.48. The molecule has 0 radical (unpaired) electrons. The molecule has 1 fully saturated rings. The summed E-state index contributed by atoms with van der Waals surface area (Å²) in [4.78, 5) is 4.20. The van der Waals surface area contributed by atoms with E-state index < -0.39 is 0 Å². The molecule has 2 nitrogen and oxygen atoms in total. The molecule has 1 saturated carbocycles. The van der Waals surface area contributed by atoms with Gasteiger partial charge in [-0.25, -0.2) is 0 Å². The number of hydrogen-bond acceptors (Lipinski definition) is 2. The second kappa shape index (κ2) is 6.36. The van der Waals surface area contributed by atoms with Gasteiger partial charge in [-0.05, 0) is 43.4 Å². The first-order valence-electron chi connectivity index (χ1n) is 6.51. The largest absolute Gasteiger partial charge is 0.312 e. The van der Waals surface area contributed by atoms with E-state index in [1.54, 1.807) is 0 Å². The summed E-state index contributed by atoms with van der Waals surface area (Å²) in [5, 5.41) is 3.87. The molecule has 1 N–H and O–H groups in total. The fraction of sp³-hybridized carbons (Fsp3) is 0.643. The summed E-state index contributed by atoms with van der Waals surface area (Å²) in [7, 11) is 0. The van der Waals surface area contributed by atoms with E-state index in [2.05, 4.69) is 23.3 Å². The van der Waals surface area contributed by atoms with Gasteiger partial charge in [-0.2, -0.15) is 0 Å². The third kappa shape index (κ3) is 3.97. The monoisotopic (exact) mass is 252 g/mol. The second-order valence-corrected chi connectivity index (χ2v) is 5.62. The number of aromatic nitrogens is 1. The molecule has 1 aromatic heterocycles. The van der Waals surface area contributed by atoms with Crippen LogP contribution in [0.4, 0.5) is 0 Å². The quantitative estimate of drug-likeness (QED) is 0.832. The van der Waals surface area contributed by atoms with Crippen LogP contribution >= 0.6 is 11.6 Å². The molecule has 2 rings (SSSR count). The fourth-order valence-electron chi connectivity index (χ4n) is 2.51. The SMILES string of the molecule is Cc1cncc(CNCC2CCCCC2Cl)c1. The average Bonchev–Trinajstić information content (AvgIpc) is 2.32. The van der Waals surface area contributed by atoms with E-state index in [-0.39, 0.29) is 0 Å². The molecule has 3 heteroatoms. The Morgan fingerprint density at radius 2 is 2.18 bits per heavy atom. The van der Waals surface area contributed by atoms with E-state index in [0.29, 0.717) is 11.3 Å². The Labute approximate surface area is 109 Å². The first kappa shape index (κ1) is 12.8. The summed E-state index contributed by atoms with van der Waals surface area (Å²) < 4.78 is 0. The Morgan fingerprint density at radius 1 is 1.35 bits per heavy atom. The molecule has 2 unspecified atom stereocenters. The zero-order valence-electron chi connectivity index (χ0n) is 10.5. The van der Waals surface area contributed by atoms with Crippen LogP contribution in [0.1, 0.15) is 36.8 Å². The van der Waals surface area contributed by atoms with Gasteiger partial charge in [-0.3, -0.25) is 4.98 Å². The number of hydrogen-bond donors (Lipinski definition) is 1. The van der Waals surface area contributed by atoms with Gasteiger partial charge in [-0.1, -0.05) is 18.9 Å². The van der Waals surface area contributed by atoms with Crippen LogP contribution in [-0.2, 0) is 6.54 Å². The number of rotatable bonds is 4. The van der Waals surface area contributed by atoms with Gasteiger partial charge in [0.05, 0.1) is 0 Å². The van der Waals surface area contributed by atoms with Crippen LogP contribution in [0.3, 0.4) is 0 Å². The number of nitrogens with zero attached hydrogens (tertiary/aromatic N) is 1. The van der Waals surface area contributed by atoms with Gasteiger partial charge in [0.1, 0.15) is 0 Å². The molecule has 0 aromatic carbocycles. The van der Waals surface area contributed by atoms with Gasteiger partial charge in [0.15, 0.2) is 0 Å². The minimum Gasteiger partial charge on any atom is -0.312 e. The Bertz CT molecular complexity index is 354. The van der Waals surface area contributed by atoms with Gasteiger partial charge in [0.25, 0.3) is 0 Å². The molecule has 1 heterocycles. The van der Waals surface area contributed by atoms with Crippen LogP contribution < -0.4 is 5.32 Å². The first-order chi connectivity index (χ1) is 8.25. The standard InChI is InChI=1S/C14H21ClN2/c1-11-6-12(8-16-7-11)9-17-10-13-4-2-3-5-14(13)15/h6-8,13-14,17H,2-5,9-10H2,1H3. The van der Waals surface area contributed by atoms with Crippen LogP contribution in [0, 0.1) is 12.8 Å². The predicted molar refractivity (Wildman–Crippen MR) is 72.3 cm³/mol. The lowest BCUT2D eigenvalue weighted by atomic mass is 9.89. The minimum absolute atomic E-state index is 0.367. The van der Waals surface area contributed by atoms with Gasteiger partial charge in [0.2, 0.25) is 0 Å². The van der Waals surface area contributed by atoms with E-state index in [4.69, 9.17) is 11.6 Å². The maximum absolute atomic E-state index is 6.34. The maximum atomic E-state index is 6.34. The van der Waals surface area contributed by atoms with Gasteiger partial charge < -0.3 is 5.32 Å². The van der Waals surface area contributed by atoms with Crippen LogP contribution in [0.15, 0.2) is 18.5 Å². The smallest absolute Gasteiger partial charge is 0.0376 e. The summed E-state index contributed by atoms with van der Waals surface area (Å²) in [5.74, 6) is 0.642. The summed E-state index contributed by atoms with van der Waals surface area (Å²) in [6.45, 7) is 4.00. The third-order valence-electron chi connectivity index (χ3n) is 3.48. The molecule has 17 heavy (non-hydrogen) atoms. The molecule has 2 atom stereocenters. The Morgan fingerprint density at radius 3 is 2.94 bits per heavy atom. The van der Waals surface area contributed by atoms with Crippen molar-refractivity contribution in [2.45, 2.75) is 44.5 Å². The molecule has 1 aliphatic rings. The van der Waals surface area contributed by atoms with Crippen LogP contribution in [0.5, 0.6) is 0 Å². The number of nitrogens with one attached hydrogen (secondary N) is 1. The van der Waals surface area contributed by atoms with E-state index in [1.165, 1.54) is 36.8 Å². The lowest BCUT2D eigenvalue weighted by Crippen LogP contribution is -2.30. The number of alkyl halides is 1. The lowest BCUT2D eigenvalue weighted by Gasteiger charge is -2.27. The van der Waals surface area contributed by atoms with Gasteiger partial charge in [-0.15, -0.1) is 11.6 Å². The van der Waals surface area contributed by atoms with Crippen molar-refractivity contribution in [2.24, 2.45) is 5.92 Å². The molecule has 0 spiro atoms. The van der Waals surface area contributed by atoms with Crippen molar-refractivity contribution in [1.82, 2.24) is 10.3 Å². The highest BCUT2D eigenvalue weighted by Crippen LogP contribution is 2.27. The van der Waals surface area contributed by atoms with Crippen molar-refractivity contribution < 1.29 is 0 Å². The predicted octanol–water partition coefficient (Wildman–Crippen LogP) is 3.28.